The van der Waals surface area contributed by atoms with Gasteiger partial charge in [0.15, 0.2) is 0 Å². The number of nitrogens with one attached hydrogen (secondary N) is 1. The Morgan fingerprint density at radius 3 is 2.41 bits per heavy atom. The van der Waals surface area contributed by atoms with Gasteiger partial charge in [-0.3, -0.25) is 9.10 Å². The van der Waals surface area contributed by atoms with Crippen LogP contribution in [0.25, 0.3) is 0 Å². The van der Waals surface area contributed by atoms with Crippen molar-refractivity contribution in [2.45, 2.75) is 63.9 Å². The molecular weight excluding hydrogens is 469 g/mol. The molecule has 1 aliphatic rings. The number of sulfonamides is 1. The molecule has 1 amide bonds. The fourth-order valence-electron chi connectivity index (χ4n) is 4.35. The normalized spacial score (nSPS) is 18.4. The Kier molecular flexibility index (Phi) is 7.21. The van der Waals surface area contributed by atoms with Crippen molar-refractivity contribution >= 4 is 21.6 Å². The fraction of sp³-hybridized carbons (Fsp3) is 0.458. The van der Waals surface area contributed by atoms with Crippen molar-refractivity contribution in [1.29, 1.82) is 0 Å². The molecule has 2 atom stereocenters. The summed E-state index contributed by atoms with van der Waals surface area (Å²) in [6.07, 6.45) is -1.89. The topological polar surface area (TPSA) is 75.7 Å². The number of halogens is 3. The van der Waals surface area contributed by atoms with Crippen molar-refractivity contribution in [2.24, 2.45) is 0 Å². The molecule has 186 valence electrons. The lowest BCUT2D eigenvalue weighted by Crippen LogP contribution is -2.51. The first-order valence-electron chi connectivity index (χ1n) is 11.1. The number of hydrogen-bond acceptors (Lipinski definition) is 4. The molecule has 0 fully saturated rings. The molecule has 6 nitrogen and oxygen atoms in total. The first-order valence-corrected chi connectivity index (χ1v) is 12.9. The summed E-state index contributed by atoms with van der Waals surface area (Å²) in [6, 6.07) is 9.52. The number of ether oxygens (including phenoxy) is 1. The Bertz CT molecular complexity index is 1150. The van der Waals surface area contributed by atoms with E-state index in [1.807, 2.05) is 38.1 Å². The quantitative estimate of drug-likeness (QED) is 0.579. The van der Waals surface area contributed by atoms with Crippen LogP contribution < -0.4 is 14.4 Å². The average Bonchev–Trinajstić information content (AvgIpc) is 2.77. The van der Waals surface area contributed by atoms with Gasteiger partial charge in [0.05, 0.1) is 23.5 Å². The van der Waals surface area contributed by atoms with E-state index in [-0.39, 0.29) is 5.69 Å². The van der Waals surface area contributed by atoms with Gasteiger partial charge in [-0.25, -0.2) is 8.42 Å². The van der Waals surface area contributed by atoms with Crippen LogP contribution in [0.15, 0.2) is 48.5 Å². The highest BCUT2D eigenvalue weighted by atomic mass is 32.2. The number of alkyl halides is 3. The molecule has 0 saturated heterocycles. The van der Waals surface area contributed by atoms with Crippen LogP contribution >= 0.6 is 0 Å². The first-order chi connectivity index (χ1) is 15.8. The SMILES string of the molecule is CCC1(CC)C[C@@H](NC(=O)[C@@H](C)N(c2cccc(C(F)(F)F)c2)S(C)(=O)=O)c2ccccc2O1. The van der Waals surface area contributed by atoms with Crippen molar-refractivity contribution in [3.63, 3.8) is 0 Å². The van der Waals surface area contributed by atoms with E-state index in [2.05, 4.69) is 5.32 Å². The summed E-state index contributed by atoms with van der Waals surface area (Å²) in [7, 11) is -4.08. The van der Waals surface area contributed by atoms with Crippen LogP contribution in [0.1, 0.15) is 57.2 Å². The molecule has 2 aromatic carbocycles. The lowest BCUT2D eigenvalue weighted by Gasteiger charge is -2.42. The van der Waals surface area contributed by atoms with Gasteiger partial charge in [-0.05, 0) is 44.0 Å². The maximum atomic E-state index is 13.3. The number of fused-ring (bicyclic) bond motifs is 1. The number of para-hydroxylation sites is 1. The van der Waals surface area contributed by atoms with E-state index in [0.29, 0.717) is 25.0 Å². The van der Waals surface area contributed by atoms with Crippen LogP contribution in [0.3, 0.4) is 0 Å². The largest absolute Gasteiger partial charge is 0.487 e. The number of anilines is 1. The van der Waals surface area contributed by atoms with Crippen LogP contribution in [-0.2, 0) is 21.0 Å². The van der Waals surface area contributed by atoms with Crippen molar-refractivity contribution in [1.82, 2.24) is 5.32 Å². The van der Waals surface area contributed by atoms with Crippen LogP contribution in [-0.4, -0.2) is 32.2 Å². The number of benzene rings is 2. The summed E-state index contributed by atoms with van der Waals surface area (Å²) in [5.74, 6) is 0.0268. The maximum absolute atomic E-state index is 13.3. The van der Waals surface area contributed by atoms with Gasteiger partial charge in [0.25, 0.3) is 0 Å². The standard InChI is InChI=1S/C24H29F3N2O4S/c1-5-23(6-2)15-20(19-12-7-8-13-21(19)33-23)28-22(30)16(3)29(34(4,31)32)18-11-9-10-17(14-18)24(25,26)27/h7-14,16,20H,5-6,15H2,1-4H3,(H,28,30)/t16-,20-/m1/s1. The number of amides is 1. The zero-order valence-electron chi connectivity index (χ0n) is 19.5. The van der Waals surface area contributed by atoms with Gasteiger partial charge in [0.2, 0.25) is 15.9 Å². The average molecular weight is 499 g/mol. The molecule has 10 heteroatoms. The highest BCUT2D eigenvalue weighted by Crippen LogP contribution is 2.42. The van der Waals surface area contributed by atoms with E-state index < -0.39 is 45.4 Å². The highest BCUT2D eigenvalue weighted by Gasteiger charge is 2.40. The summed E-state index contributed by atoms with van der Waals surface area (Å²) >= 11 is 0. The maximum Gasteiger partial charge on any atom is 0.416 e. The minimum absolute atomic E-state index is 0.233. The van der Waals surface area contributed by atoms with Gasteiger partial charge >= 0.3 is 6.18 Å². The molecule has 0 bridgehead atoms. The minimum atomic E-state index is -4.65. The van der Waals surface area contributed by atoms with E-state index >= 15 is 0 Å². The number of rotatable bonds is 7. The monoisotopic (exact) mass is 498 g/mol. The Hall–Kier alpha value is -2.75. The number of hydrogen-bond donors (Lipinski definition) is 1. The predicted octanol–water partition coefficient (Wildman–Crippen LogP) is 5.06. The molecule has 3 rings (SSSR count). The summed E-state index contributed by atoms with van der Waals surface area (Å²) < 4.78 is 71.8. The molecule has 1 aliphatic heterocycles. The van der Waals surface area contributed by atoms with E-state index in [1.54, 1.807) is 0 Å². The Balaban J connectivity index is 1.94. The molecule has 1 heterocycles. The lowest BCUT2D eigenvalue weighted by atomic mass is 9.83. The van der Waals surface area contributed by atoms with Gasteiger partial charge in [-0.1, -0.05) is 38.1 Å². The molecule has 0 unspecified atom stereocenters. The van der Waals surface area contributed by atoms with E-state index in [0.717, 1.165) is 34.3 Å². The molecule has 0 radical (unpaired) electrons. The molecule has 2 aromatic rings. The second-order valence-corrected chi connectivity index (χ2v) is 10.4. The number of carbonyl (C=O) groups is 1. The van der Waals surface area contributed by atoms with Gasteiger partial charge < -0.3 is 10.1 Å². The van der Waals surface area contributed by atoms with E-state index in [4.69, 9.17) is 4.74 Å². The van der Waals surface area contributed by atoms with Gasteiger partial charge in [-0.15, -0.1) is 0 Å². The third-order valence-corrected chi connectivity index (χ3v) is 7.56. The van der Waals surface area contributed by atoms with Gasteiger partial charge in [-0.2, -0.15) is 13.2 Å². The van der Waals surface area contributed by atoms with Crippen LogP contribution in [0.2, 0.25) is 0 Å². The van der Waals surface area contributed by atoms with Crippen molar-refractivity contribution in [3.8, 4) is 5.75 Å². The Morgan fingerprint density at radius 1 is 1.18 bits per heavy atom. The smallest absolute Gasteiger partial charge is 0.416 e. The molecule has 34 heavy (non-hydrogen) atoms. The fourth-order valence-corrected chi connectivity index (χ4v) is 5.52. The Labute approximate surface area is 198 Å². The molecule has 1 N–H and O–H groups in total. The second kappa shape index (κ2) is 9.48. The second-order valence-electron chi connectivity index (χ2n) is 8.58. The zero-order chi connectivity index (χ0) is 25.3. The van der Waals surface area contributed by atoms with Crippen LogP contribution in [0, 0.1) is 0 Å². The van der Waals surface area contributed by atoms with Crippen molar-refractivity contribution in [3.05, 3.63) is 59.7 Å². The summed E-state index contributed by atoms with van der Waals surface area (Å²) in [5, 5.41) is 2.92. The minimum Gasteiger partial charge on any atom is -0.487 e. The zero-order valence-corrected chi connectivity index (χ0v) is 20.3. The molecule has 0 aliphatic carbocycles. The summed E-state index contributed by atoms with van der Waals surface area (Å²) in [4.78, 5) is 13.3. The first kappa shape index (κ1) is 25.9. The Morgan fingerprint density at radius 2 is 1.82 bits per heavy atom. The van der Waals surface area contributed by atoms with Crippen molar-refractivity contribution < 1.29 is 31.1 Å². The molecular formula is C24H29F3N2O4S. The highest BCUT2D eigenvalue weighted by molar-refractivity contribution is 7.92. The van der Waals surface area contributed by atoms with E-state index in [9.17, 15) is 26.4 Å². The summed E-state index contributed by atoms with van der Waals surface area (Å²) in [6.45, 7) is 5.35. The predicted molar refractivity (Wildman–Crippen MR) is 124 cm³/mol. The van der Waals surface area contributed by atoms with Crippen LogP contribution in [0.5, 0.6) is 5.75 Å². The molecule has 0 spiro atoms. The molecule has 0 saturated carbocycles. The number of carbonyl (C=O) groups excluding carboxylic acids is 1. The van der Waals surface area contributed by atoms with Crippen LogP contribution in [0.4, 0.5) is 18.9 Å². The lowest BCUT2D eigenvalue weighted by molar-refractivity contribution is -0.137. The van der Waals surface area contributed by atoms with Gasteiger partial charge in [0.1, 0.15) is 17.4 Å². The number of nitrogens with zero attached hydrogens (tertiary/aromatic N) is 1. The molecule has 0 aromatic heterocycles. The van der Waals surface area contributed by atoms with Crippen molar-refractivity contribution in [2.75, 3.05) is 10.6 Å². The third kappa shape index (κ3) is 5.32. The van der Waals surface area contributed by atoms with E-state index in [1.165, 1.54) is 13.0 Å². The third-order valence-electron chi connectivity index (χ3n) is 6.32. The summed E-state index contributed by atoms with van der Waals surface area (Å²) in [5.41, 5.74) is -0.956. The van der Waals surface area contributed by atoms with Gasteiger partial charge in [0, 0.05) is 12.0 Å².